The fourth-order valence-electron chi connectivity index (χ4n) is 1.04. The minimum atomic E-state index is -1.19. The Balaban J connectivity index is 3.21. The van der Waals surface area contributed by atoms with Gasteiger partial charge >= 0.3 is 5.97 Å². The van der Waals surface area contributed by atoms with E-state index in [9.17, 15) is 9.59 Å². The van der Waals surface area contributed by atoms with Crippen LogP contribution in [0.5, 0.6) is 0 Å². The molecule has 0 saturated heterocycles. The SMILES string of the molecule is [2H]C([3H])OCCCSSCCCOC(=O)CCC(=O)NC. The molecule has 0 spiro atoms. The Morgan fingerprint density at radius 1 is 1.26 bits per heavy atom. The molecule has 0 aromatic carbocycles. The zero-order valence-electron chi connectivity index (χ0n) is 13.2. The van der Waals surface area contributed by atoms with Crippen LogP contribution in [0, 0.1) is 0 Å². The van der Waals surface area contributed by atoms with Crippen molar-refractivity contribution in [3.05, 3.63) is 0 Å². The molecule has 5 nitrogen and oxygen atoms in total. The molecule has 0 bridgehead atoms. The van der Waals surface area contributed by atoms with Gasteiger partial charge in [-0.1, -0.05) is 21.6 Å². The number of carbonyl (C=O) groups is 2. The molecule has 1 N–H and O–H groups in total. The summed E-state index contributed by atoms with van der Waals surface area (Å²) in [6, 6.07) is 0. The maximum atomic E-state index is 11.3. The number of methoxy groups -OCH3 is 1. The Morgan fingerprint density at radius 3 is 2.58 bits per heavy atom. The number of hydrogen-bond acceptors (Lipinski definition) is 6. The van der Waals surface area contributed by atoms with E-state index in [1.807, 2.05) is 0 Å². The van der Waals surface area contributed by atoms with Crippen LogP contribution in [0.1, 0.15) is 28.4 Å². The highest BCUT2D eigenvalue weighted by Gasteiger charge is 2.06. The lowest BCUT2D eigenvalue weighted by Gasteiger charge is -2.04. The average Bonchev–Trinajstić information content (AvgIpc) is 2.46. The van der Waals surface area contributed by atoms with E-state index in [-0.39, 0.29) is 24.7 Å². The molecule has 0 saturated carbocycles. The molecular weight excluding hydrogens is 286 g/mol. The van der Waals surface area contributed by atoms with Crippen molar-refractivity contribution >= 4 is 33.5 Å². The number of carbonyl (C=O) groups excluding carboxylic acids is 2. The Bertz CT molecular complexity index is 296. The lowest BCUT2D eigenvalue weighted by atomic mass is 10.3. The first kappa shape index (κ1) is 15.0. The summed E-state index contributed by atoms with van der Waals surface area (Å²) in [4.78, 5) is 22.2. The molecule has 0 aromatic rings. The number of ether oxygens (including phenoxy) is 2. The Morgan fingerprint density at radius 2 is 1.95 bits per heavy atom. The Kier molecular flexibility index (Phi) is 11.1. The highest BCUT2D eigenvalue weighted by molar-refractivity contribution is 8.76. The maximum Gasteiger partial charge on any atom is 0.306 e. The minimum Gasteiger partial charge on any atom is -0.466 e. The van der Waals surface area contributed by atoms with E-state index in [0.717, 1.165) is 24.3 Å². The van der Waals surface area contributed by atoms with Crippen LogP contribution in [-0.2, 0) is 19.1 Å². The van der Waals surface area contributed by atoms with Gasteiger partial charge in [0.15, 0.2) is 0 Å². The van der Waals surface area contributed by atoms with Crippen molar-refractivity contribution in [3.63, 3.8) is 0 Å². The second-order valence-corrected chi connectivity index (χ2v) is 6.32. The van der Waals surface area contributed by atoms with Gasteiger partial charge in [-0.2, -0.15) is 0 Å². The molecule has 0 aliphatic heterocycles. The third kappa shape index (κ3) is 13.8. The fourth-order valence-corrected chi connectivity index (χ4v) is 3.16. The summed E-state index contributed by atoms with van der Waals surface area (Å²) in [7, 11) is 3.74. The number of nitrogens with one attached hydrogen (secondary N) is 1. The second-order valence-electron chi connectivity index (χ2n) is 3.62. The normalized spacial score (nSPS) is 13.3. The summed E-state index contributed by atoms with van der Waals surface area (Å²) in [5.41, 5.74) is 0. The van der Waals surface area contributed by atoms with Crippen LogP contribution < -0.4 is 5.32 Å². The molecule has 0 aromatic heterocycles. The molecule has 1 amide bonds. The van der Waals surface area contributed by atoms with Gasteiger partial charge in [-0.3, -0.25) is 9.59 Å². The molecule has 0 fully saturated rings. The van der Waals surface area contributed by atoms with Crippen LogP contribution in [0.4, 0.5) is 0 Å². The summed E-state index contributed by atoms with van der Waals surface area (Å²) in [6.45, 7) is 0.816. The van der Waals surface area contributed by atoms with Gasteiger partial charge in [-0.15, -0.1) is 0 Å². The third-order valence-corrected chi connectivity index (χ3v) is 4.62. The van der Waals surface area contributed by atoms with Crippen LogP contribution in [0.15, 0.2) is 0 Å². The summed E-state index contributed by atoms with van der Waals surface area (Å²) in [5.74, 6) is 1.29. The molecule has 112 valence electrons. The molecule has 0 rings (SSSR count). The maximum absolute atomic E-state index is 11.3. The second kappa shape index (κ2) is 14.0. The van der Waals surface area contributed by atoms with E-state index < -0.39 is 7.06 Å². The van der Waals surface area contributed by atoms with Gasteiger partial charge < -0.3 is 14.8 Å². The lowest BCUT2D eigenvalue weighted by Crippen LogP contribution is -2.19. The van der Waals surface area contributed by atoms with Crippen molar-refractivity contribution < 1.29 is 21.8 Å². The zero-order chi connectivity index (χ0) is 15.9. The smallest absolute Gasteiger partial charge is 0.306 e. The van der Waals surface area contributed by atoms with Crippen molar-refractivity contribution in [2.24, 2.45) is 0 Å². The molecular formula is C12H23NO4S2. The molecule has 0 aliphatic carbocycles. The highest BCUT2D eigenvalue weighted by Crippen LogP contribution is 2.22. The average molecular weight is 312 g/mol. The predicted molar refractivity (Wildman–Crippen MR) is 80.3 cm³/mol. The van der Waals surface area contributed by atoms with E-state index in [0.29, 0.717) is 13.2 Å². The fraction of sp³-hybridized carbons (Fsp3) is 0.833. The zero-order valence-corrected chi connectivity index (χ0v) is 12.8. The Labute approximate surface area is 125 Å². The molecule has 0 heterocycles. The van der Waals surface area contributed by atoms with Crippen molar-refractivity contribution in [2.45, 2.75) is 25.7 Å². The van der Waals surface area contributed by atoms with E-state index in [4.69, 9.17) is 12.2 Å². The van der Waals surface area contributed by atoms with E-state index in [1.165, 1.54) is 7.05 Å². The largest absolute Gasteiger partial charge is 0.466 e. The van der Waals surface area contributed by atoms with Crippen LogP contribution >= 0.6 is 21.6 Å². The number of esters is 1. The molecule has 1 unspecified atom stereocenters. The standard InChI is InChI=1S/C12H23NO4S2/c1-13-11(14)5-6-12(15)17-8-4-10-19-18-9-3-7-16-2/h3-10H2,1-2H3,(H,13,14)/i2TD. The predicted octanol–water partition coefficient (Wildman–Crippen LogP) is 1.86. The van der Waals surface area contributed by atoms with E-state index in [1.54, 1.807) is 21.6 Å². The first-order chi connectivity index (χ1) is 10.1. The Hall–Kier alpha value is -0.400. The van der Waals surface area contributed by atoms with E-state index >= 15 is 0 Å². The first-order valence-electron chi connectivity index (χ1n) is 7.28. The van der Waals surface area contributed by atoms with Crippen LogP contribution in [0.25, 0.3) is 0 Å². The van der Waals surface area contributed by atoms with Crippen molar-refractivity contribution in [2.75, 3.05) is 38.8 Å². The van der Waals surface area contributed by atoms with Gasteiger partial charge in [-0.25, -0.2) is 0 Å². The van der Waals surface area contributed by atoms with Gasteiger partial charge in [0, 0.05) is 38.6 Å². The van der Waals surface area contributed by atoms with Gasteiger partial charge in [0.25, 0.3) is 0 Å². The highest BCUT2D eigenvalue weighted by atomic mass is 33.1. The molecule has 0 aliphatic rings. The third-order valence-electron chi connectivity index (χ3n) is 2.04. The summed E-state index contributed by atoms with van der Waals surface area (Å²) < 4.78 is 23.5. The summed E-state index contributed by atoms with van der Waals surface area (Å²) >= 11 is 0. The monoisotopic (exact) mass is 312 g/mol. The first-order valence-corrected chi connectivity index (χ1v) is 8.61. The number of hydrogen-bond donors (Lipinski definition) is 1. The quantitative estimate of drug-likeness (QED) is 0.337. The number of rotatable bonds is 12. The van der Waals surface area contributed by atoms with Crippen LogP contribution in [0.2, 0.25) is 0 Å². The summed E-state index contributed by atoms with van der Waals surface area (Å²) in [6.07, 6.45) is 1.88. The van der Waals surface area contributed by atoms with Crippen molar-refractivity contribution in [3.8, 4) is 0 Å². The van der Waals surface area contributed by atoms with Crippen LogP contribution in [-0.4, -0.2) is 50.7 Å². The molecule has 7 heteroatoms. The van der Waals surface area contributed by atoms with Gasteiger partial charge in [0.1, 0.15) is 0 Å². The molecule has 0 radical (unpaired) electrons. The van der Waals surface area contributed by atoms with Crippen molar-refractivity contribution in [1.82, 2.24) is 5.32 Å². The van der Waals surface area contributed by atoms with Gasteiger partial charge in [0.05, 0.1) is 15.8 Å². The van der Waals surface area contributed by atoms with E-state index in [2.05, 4.69) is 5.32 Å². The molecule has 19 heavy (non-hydrogen) atoms. The number of amides is 1. The van der Waals surface area contributed by atoms with Gasteiger partial charge in [-0.05, 0) is 12.8 Å². The lowest BCUT2D eigenvalue weighted by molar-refractivity contribution is -0.144. The minimum absolute atomic E-state index is 0.120. The van der Waals surface area contributed by atoms with Crippen LogP contribution in [0.3, 0.4) is 0 Å². The molecule has 1 atom stereocenters. The van der Waals surface area contributed by atoms with Crippen molar-refractivity contribution in [1.29, 1.82) is 0 Å². The topological polar surface area (TPSA) is 64.6 Å². The van der Waals surface area contributed by atoms with Gasteiger partial charge in [0.2, 0.25) is 5.91 Å². The summed E-state index contributed by atoms with van der Waals surface area (Å²) in [5, 5.41) is 2.45.